The minimum Gasteiger partial charge on any atom is -0.396 e. The van der Waals surface area contributed by atoms with Gasteiger partial charge in [-0.2, -0.15) is 0 Å². The van der Waals surface area contributed by atoms with E-state index in [1.165, 1.54) is 44.9 Å². The van der Waals surface area contributed by atoms with Gasteiger partial charge in [0.25, 0.3) is 0 Å². The summed E-state index contributed by atoms with van der Waals surface area (Å²) in [5.74, 6) is 2.63. The molecule has 0 aromatic rings. The van der Waals surface area contributed by atoms with Gasteiger partial charge in [-0.05, 0) is 129 Å². The number of fused-ring (bicyclic) bond motifs is 7. The molecule has 0 aromatic heterocycles. The van der Waals surface area contributed by atoms with Crippen LogP contribution in [-0.4, -0.2) is 33.6 Å². The molecule has 0 unspecified atom stereocenters. The zero-order valence-electron chi connectivity index (χ0n) is 22.6. The molecule has 0 bridgehead atoms. The normalized spacial score (nSPS) is 55.8. The van der Waals surface area contributed by atoms with Gasteiger partial charge in [0.05, 0.1) is 11.7 Å². The molecule has 0 spiro atoms. The van der Waals surface area contributed by atoms with E-state index in [-0.39, 0.29) is 34.4 Å². The van der Waals surface area contributed by atoms with Crippen LogP contribution in [0.2, 0.25) is 0 Å². The topological polar surface area (TPSA) is 60.7 Å². The largest absolute Gasteiger partial charge is 0.396 e. The Labute approximate surface area is 203 Å². The molecule has 3 N–H and O–H groups in total. The van der Waals surface area contributed by atoms with E-state index < -0.39 is 5.60 Å². The third-order valence-electron chi connectivity index (χ3n) is 13.8. The molecule has 0 radical (unpaired) electrons. The van der Waals surface area contributed by atoms with Crippen molar-refractivity contribution in [1.82, 2.24) is 0 Å². The first-order chi connectivity index (χ1) is 15.2. The van der Waals surface area contributed by atoms with Crippen molar-refractivity contribution < 1.29 is 15.3 Å². The van der Waals surface area contributed by atoms with E-state index in [1.807, 2.05) is 0 Å². The Kier molecular flexibility index (Phi) is 5.38. The Morgan fingerprint density at radius 1 is 0.758 bits per heavy atom. The van der Waals surface area contributed by atoms with Crippen molar-refractivity contribution in [3.8, 4) is 0 Å². The van der Waals surface area contributed by atoms with E-state index in [2.05, 4.69) is 48.5 Å². The minimum atomic E-state index is -0.605. The fourth-order valence-electron chi connectivity index (χ4n) is 11.7. The average Bonchev–Trinajstić information content (AvgIpc) is 3.09. The molecular weight excluding hydrogens is 408 g/mol. The Hall–Kier alpha value is -0.120. The van der Waals surface area contributed by atoms with Crippen molar-refractivity contribution >= 4 is 0 Å². The first-order valence-corrected chi connectivity index (χ1v) is 14.2. The van der Waals surface area contributed by atoms with Gasteiger partial charge in [0.2, 0.25) is 0 Å². The van der Waals surface area contributed by atoms with Crippen molar-refractivity contribution in [2.24, 2.45) is 56.7 Å². The van der Waals surface area contributed by atoms with Gasteiger partial charge in [0, 0.05) is 12.0 Å². The molecule has 3 heteroatoms. The SMILES string of the molecule is CC(C)(O)[C@@H]1CC[C@]2(C)CC[C@]3(C)[C@H](CC[C@@H]4[C@@]5(CO)CC[C@H](O)C(C)(C)[C@@H]5CC[C@]43C)[C@@H]12. The van der Waals surface area contributed by atoms with Gasteiger partial charge in [-0.15, -0.1) is 0 Å². The molecule has 5 rings (SSSR count). The van der Waals surface area contributed by atoms with Crippen LogP contribution in [0.15, 0.2) is 0 Å². The minimum absolute atomic E-state index is 0.0458. The predicted molar refractivity (Wildman–Crippen MR) is 134 cm³/mol. The number of hydrogen-bond acceptors (Lipinski definition) is 3. The van der Waals surface area contributed by atoms with Crippen LogP contribution in [0.5, 0.6) is 0 Å². The maximum absolute atomic E-state index is 11.2. The van der Waals surface area contributed by atoms with Gasteiger partial charge in [0.15, 0.2) is 0 Å². The van der Waals surface area contributed by atoms with Gasteiger partial charge in [0.1, 0.15) is 0 Å². The average molecular weight is 461 g/mol. The summed E-state index contributed by atoms with van der Waals surface area (Å²) in [6.45, 7) is 16.7. The van der Waals surface area contributed by atoms with Gasteiger partial charge >= 0.3 is 0 Å². The molecule has 5 saturated carbocycles. The highest BCUT2D eigenvalue weighted by atomic mass is 16.3. The standard InChI is InChI=1S/C30H52O3/c1-25(2)21-11-14-29(7)22(30(21,18-31)15-12-23(25)32)9-8-20-24-19(26(3,4)33)10-13-27(24,5)16-17-28(20,29)6/h19-24,31-33H,8-18H2,1-7H3/t19-,20-,21+,22+,23+,24-,27-,28-,29-,30-/m1/s1. The summed E-state index contributed by atoms with van der Waals surface area (Å²) in [5, 5.41) is 33.2. The lowest BCUT2D eigenvalue weighted by Crippen LogP contribution is -2.68. The zero-order chi connectivity index (χ0) is 24.2. The van der Waals surface area contributed by atoms with Crippen molar-refractivity contribution in [2.75, 3.05) is 6.61 Å². The Balaban J connectivity index is 1.56. The lowest BCUT2D eigenvalue weighted by molar-refractivity contribution is -0.262. The fraction of sp³-hybridized carbons (Fsp3) is 1.00. The van der Waals surface area contributed by atoms with E-state index in [1.54, 1.807) is 0 Å². The van der Waals surface area contributed by atoms with E-state index in [4.69, 9.17) is 0 Å². The number of hydrogen-bond donors (Lipinski definition) is 3. The van der Waals surface area contributed by atoms with Crippen molar-refractivity contribution in [2.45, 2.75) is 124 Å². The molecule has 190 valence electrons. The molecule has 33 heavy (non-hydrogen) atoms. The maximum Gasteiger partial charge on any atom is 0.0622 e. The Morgan fingerprint density at radius 3 is 2.09 bits per heavy atom. The summed E-state index contributed by atoms with van der Waals surface area (Å²) < 4.78 is 0. The second-order valence-electron chi connectivity index (χ2n) is 15.4. The number of aliphatic hydroxyl groups excluding tert-OH is 2. The predicted octanol–water partition coefficient (Wildman–Crippen LogP) is 6.19. The molecule has 3 nitrogen and oxygen atoms in total. The summed E-state index contributed by atoms with van der Waals surface area (Å²) in [5.41, 5.74) is 0.0914. The number of rotatable bonds is 2. The first kappa shape index (κ1) is 24.6. The summed E-state index contributed by atoms with van der Waals surface area (Å²) in [6.07, 6.45) is 11.4. The third-order valence-corrected chi connectivity index (χ3v) is 13.8. The van der Waals surface area contributed by atoms with Gasteiger partial charge in [-0.25, -0.2) is 0 Å². The van der Waals surface area contributed by atoms with Crippen LogP contribution >= 0.6 is 0 Å². The van der Waals surface area contributed by atoms with Crippen molar-refractivity contribution in [3.63, 3.8) is 0 Å². The molecule has 5 aliphatic rings. The molecule has 0 saturated heterocycles. The summed E-state index contributed by atoms with van der Waals surface area (Å²) >= 11 is 0. The van der Waals surface area contributed by atoms with Gasteiger partial charge in [-0.1, -0.05) is 34.6 Å². The summed E-state index contributed by atoms with van der Waals surface area (Å²) in [4.78, 5) is 0. The smallest absolute Gasteiger partial charge is 0.0622 e. The van der Waals surface area contributed by atoms with Crippen LogP contribution in [-0.2, 0) is 0 Å². The molecule has 0 aromatic carbocycles. The second kappa shape index (κ2) is 7.22. The lowest BCUT2D eigenvalue weighted by atomic mass is 9.32. The van der Waals surface area contributed by atoms with Crippen LogP contribution in [0.3, 0.4) is 0 Å². The van der Waals surface area contributed by atoms with Crippen molar-refractivity contribution in [1.29, 1.82) is 0 Å². The number of aliphatic hydroxyl groups is 3. The molecule has 10 atom stereocenters. The van der Waals surface area contributed by atoms with Crippen LogP contribution in [0, 0.1) is 56.7 Å². The third kappa shape index (κ3) is 2.97. The van der Waals surface area contributed by atoms with E-state index in [9.17, 15) is 15.3 Å². The Morgan fingerprint density at radius 2 is 1.45 bits per heavy atom. The van der Waals surface area contributed by atoms with Crippen LogP contribution in [0.4, 0.5) is 0 Å². The lowest BCUT2D eigenvalue weighted by Gasteiger charge is -2.73. The molecule has 5 fully saturated rings. The fourth-order valence-corrected chi connectivity index (χ4v) is 11.7. The quantitative estimate of drug-likeness (QED) is 0.460. The summed E-state index contributed by atoms with van der Waals surface area (Å²) in [7, 11) is 0. The monoisotopic (exact) mass is 460 g/mol. The Bertz CT molecular complexity index is 784. The van der Waals surface area contributed by atoms with Crippen LogP contribution in [0.25, 0.3) is 0 Å². The maximum atomic E-state index is 11.2. The second-order valence-corrected chi connectivity index (χ2v) is 15.4. The van der Waals surface area contributed by atoms with Crippen LogP contribution < -0.4 is 0 Å². The zero-order valence-corrected chi connectivity index (χ0v) is 22.6. The van der Waals surface area contributed by atoms with Crippen molar-refractivity contribution in [3.05, 3.63) is 0 Å². The first-order valence-electron chi connectivity index (χ1n) is 14.2. The van der Waals surface area contributed by atoms with Gasteiger partial charge < -0.3 is 15.3 Å². The van der Waals surface area contributed by atoms with E-state index in [0.29, 0.717) is 35.0 Å². The van der Waals surface area contributed by atoms with E-state index in [0.717, 1.165) is 19.3 Å². The van der Waals surface area contributed by atoms with Gasteiger partial charge in [-0.3, -0.25) is 0 Å². The highest BCUT2D eigenvalue weighted by Crippen LogP contribution is 2.77. The molecule has 0 heterocycles. The molecule has 0 amide bonds. The highest BCUT2D eigenvalue weighted by molar-refractivity contribution is 5.20. The molecule has 0 aliphatic heterocycles. The summed E-state index contributed by atoms with van der Waals surface area (Å²) in [6, 6.07) is 0. The molecule has 5 aliphatic carbocycles. The van der Waals surface area contributed by atoms with Crippen LogP contribution in [0.1, 0.15) is 113 Å². The highest BCUT2D eigenvalue weighted by Gasteiger charge is 2.71. The van der Waals surface area contributed by atoms with E-state index >= 15 is 0 Å². The molecular formula is C30H52O3.